The van der Waals surface area contributed by atoms with Gasteiger partial charge in [-0.1, -0.05) is 30.3 Å². The van der Waals surface area contributed by atoms with Crippen molar-refractivity contribution in [3.8, 4) is 23.0 Å². The molecule has 1 fully saturated rings. The number of hydrogen-bond acceptors (Lipinski definition) is 10. The lowest BCUT2D eigenvalue weighted by Gasteiger charge is -2.37. The number of methoxy groups -OCH3 is 2. The average Bonchev–Trinajstić information content (AvgIpc) is 3.22. The van der Waals surface area contributed by atoms with Crippen LogP contribution in [0.3, 0.4) is 0 Å². The van der Waals surface area contributed by atoms with Crippen molar-refractivity contribution < 1.29 is 48.1 Å². The van der Waals surface area contributed by atoms with Gasteiger partial charge in [-0.2, -0.15) is 0 Å². The smallest absolute Gasteiger partial charge is 0.246 e. The summed E-state index contributed by atoms with van der Waals surface area (Å²) in [4.78, 5) is 88.8. The molecule has 3 heterocycles. The lowest BCUT2D eigenvalue weighted by molar-refractivity contribution is -0.149. The monoisotopic (exact) mass is 800 g/mol. The van der Waals surface area contributed by atoms with Gasteiger partial charge in [0.1, 0.15) is 47.8 Å². The summed E-state index contributed by atoms with van der Waals surface area (Å²) in [7, 11) is 7.34. The number of nitrogens with zero attached hydrogens (tertiary/aromatic N) is 3. The van der Waals surface area contributed by atoms with Crippen molar-refractivity contribution in [3.63, 3.8) is 0 Å². The first-order valence-electron chi connectivity index (χ1n) is 19.0. The highest BCUT2D eigenvalue weighted by Gasteiger charge is 2.39. The SMILES string of the molecule is COc1ccc(C[C@H]2C(=O)N[C@@H](C)C(=O)N(C)[C@H]3Cc4ccc(cc4)Oc4cc(ccc4OC)C[C@@H](C(=O)N[C@H](C)C(=O)N[C@@H](CCO)C(=O)N2C)N(C)C3=O)cc1. The van der Waals surface area contributed by atoms with E-state index in [9.17, 15) is 33.9 Å². The first-order valence-corrected chi connectivity index (χ1v) is 19.0. The molecule has 16 nitrogen and oxygen atoms in total. The van der Waals surface area contributed by atoms with Gasteiger partial charge in [0.15, 0.2) is 11.5 Å². The first kappa shape index (κ1) is 43.0. The molecule has 0 radical (unpaired) electrons. The maximum atomic E-state index is 14.7. The Morgan fingerprint density at radius 2 is 1.29 bits per heavy atom. The number of aliphatic hydroxyl groups excluding tert-OH is 1. The fourth-order valence-electron chi connectivity index (χ4n) is 7.06. The zero-order valence-corrected chi connectivity index (χ0v) is 33.8. The molecule has 6 bridgehead atoms. The lowest BCUT2D eigenvalue weighted by atomic mass is 9.98. The first-order chi connectivity index (χ1) is 27.6. The number of likely N-dealkylation sites (N-methyl/N-ethyl adjacent to an activating group) is 3. The van der Waals surface area contributed by atoms with Crippen LogP contribution in [0.4, 0.5) is 0 Å². The largest absolute Gasteiger partial charge is 0.497 e. The number of carbonyl (C=O) groups is 6. The van der Waals surface area contributed by atoms with Crippen LogP contribution in [0, 0.1) is 0 Å². The quantitative estimate of drug-likeness (QED) is 0.282. The van der Waals surface area contributed by atoms with Gasteiger partial charge in [-0.3, -0.25) is 28.8 Å². The van der Waals surface area contributed by atoms with Gasteiger partial charge in [-0.15, -0.1) is 0 Å². The molecular formula is C42H52N6O10. The van der Waals surface area contributed by atoms with E-state index in [1.165, 1.54) is 63.9 Å². The summed E-state index contributed by atoms with van der Waals surface area (Å²) < 4.78 is 17.0. The number of ether oxygens (including phenoxy) is 3. The summed E-state index contributed by atoms with van der Waals surface area (Å²) >= 11 is 0. The molecule has 4 N–H and O–H groups in total. The van der Waals surface area contributed by atoms with Crippen LogP contribution in [0.5, 0.6) is 23.0 Å². The highest BCUT2D eigenvalue weighted by atomic mass is 16.5. The molecule has 3 aromatic rings. The average molecular weight is 801 g/mol. The fraction of sp³-hybridized carbons (Fsp3) is 0.429. The van der Waals surface area contributed by atoms with E-state index in [2.05, 4.69) is 16.0 Å². The molecule has 6 amide bonds. The predicted octanol–water partition coefficient (Wildman–Crippen LogP) is 1.21. The molecule has 6 atom stereocenters. The van der Waals surface area contributed by atoms with E-state index in [1.807, 2.05) is 0 Å². The zero-order valence-electron chi connectivity index (χ0n) is 33.8. The van der Waals surface area contributed by atoms with Crippen molar-refractivity contribution in [2.24, 2.45) is 0 Å². The van der Waals surface area contributed by atoms with Crippen molar-refractivity contribution >= 4 is 35.4 Å². The molecular weight excluding hydrogens is 748 g/mol. The number of rotatable bonds is 6. The molecule has 3 aliphatic heterocycles. The fourth-order valence-corrected chi connectivity index (χ4v) is 7.06. The summed E-state index contributed by atoms with van der Waals surface area (Å²) in [5, 5.41) is 18.0. The van der Waals surface area contributed by atoms with Gasteiger partial charge < -0.3 is 50.0 Å². The highest BCUT2D eigenvalue weighted by molar-refractivity contribution is 5.98. The molecule has 6 rings (SSSR count). The van der Waals surface area contributed by atoms with Gasteiger partial charge in [0.2, 0.25) is 35.4 Å². The molecule has 0 aromatic heterocycles. The third kappa shape index (κ3) is 9.85. The lowest BCUT2D eigenvalue weighted by Crippen LogP contribution is -2.62. The van der Waals surface area contributed by atoms with Crippen LogP contribution >= 0.6 is 0 Å². The number of hydrogen-bond donors (Lipinski definition) is 4. The second-order valence-corrected chi connectivity index (χ2v) is 14.6. The third-order valence-electron chi connectivity index (χ3n) is 10.7. The van der Waals surface area contributed by atoms with Gasteiger partial charge in [-0.05, 0) is 73.4 Å². The summed E-state index contributed by atoms with van der Waals surface area (Å²) in [6.07, 6.45) is -0.164. The Balaban J connectivity index is 1.60. The van der Waals surface area contributed by atoms with Gasteiger partial charge in [0, 0.05) is 47.0 Å². The second kappa shape index (κ2) is 18.9. The predicted molar refractivity (Wildman–Crippen MR) is 212 cm³/mol. The molecule has 1 saturated heterocycles. The minimum absolute atomic E-state index is 0.0176. The molecule has 310 valence electrons. The number of nitrogens with one attached hydrogen (secondary N) is 3. The Morgan fingerprint density at radius 3 is 1.93 bits per heavy atom. The maximum Gasteiger partial charge on any atom is 0.246 e. The van der Waals surface area contributed by atoms with Gasteiger partial charge in [-0.25, -0.2) is 0 Å². The maximum absolute atomic E-state index is 14.7. The Kier molecular flexibility index (Phi) is 14.0. The Morgan fingerprint density at radius 1 is 0.672 bits per heavy atom. The summed E-state index contributed by atoms with van der Waals surface area (Å²) in [6, 6.07) is 11.8. The standard InChI is InChI=1S/C42H52N6O10/c1-24-37(50)45-31(18-19-49)41(54)46(3)32(20-26-8-13-29(56-6)14-9-26)39(52)44-25(2)40(53)48(5)34-21-27-10-15-30(16-11-27)58-36-23-28(12-17-35(36)57-7)22-33(38(51)43-24)47(4)42(34)55/h8-17,23-25,31-34,49H,18-22H2,1-7H3,(H,43,51)(H,44,52)(H,45,50)/t24-,25+,31+,32+,33+,34+/m1/s1. The number of carbonyl (C=O) groups excluding carboxylic acids is 6. The van der Waals surface area contributed by atoms with Crippen molar-refractivity contribution in [1.82, 2.24) is 30.7 Å². The minimum atomic E-state index is -1.29. The zero-order chi connectivity index (χ0) is 42.3. The normalized spacial score (nSPS) is 23.9. The molecule has 0 saturated carbocycles. The Hall–Kier alpha value is -6.16. The van der Waals surface area contributed by atoms with E-state index in [0.717, 1.165) is 0 Å². The molecule has 0 spiro atoms. The molecule has 3 aromatic carbocycles. The van der Waals surface area contributed by atoms with E-state index >= 15 is 0 Å². The van der Waals surface area contributed by atoms with E-state index in [4.69, 9.17) is 14.2 Å². The Labute approximate surface area is 337 Å². The van der Waals surface area contributed by atoms with Crippen LogP contribution in [0.15, 0.2) is 66.7 Å². The van der Waals surface area contributed by atoms with Crippen molar-refractivity contribution in [1.29, 1.82) is 0 Å². The topological polar surface area (TPSA) is 196 Å². The molecule has 16 heteroatoms. The molecule has 0 aliphatic carbocycles. The summed E-state index contributed by atoms with van der Waals surface area (Å²) in [5.74, 6) is -2.04. The van der Waals surface area contributed by atoms with Crippen LogP contribution in [0.1, 0.15) is 37.0 Å². The molecule has 58 heavy (non-hydrogen) atoms. The van der Waals surface area contributed by atoms with Crippen LogP contribution in [0.25, 0.3) is 0 Å². The van der Waals surface area contributed by atoms with E-state index in [-0.39, 0.29) is 25.7 Å². The van der Waals surface area contributed by atoms with Crippen molar-refractivity contribution in [3.05, 3.63) is 83.4 Å². The minimum Gasteiger partial charge on any atom is -0.497 e. The van der Waals surface area contributed by atoms with Crippen LogP contribution < -0.4 is 30.2 Å². The van der Waals surface area contributed by atoms with Crippen LogP contribution in [-0.4, -0.2) is 133 Å². The Bertz CT molecular complexity index is 1990. The van der Waals surface area contributed by atoms with Gasteiger partial charge in [0.05, 0.1) is 14.2 Å². The van der Waals surface area contributed by atoms with Gasteiger partial charge >= 0.3 is 0 Å². The molecule has 0 unspecified atom stereocenters. The van der Waals surface area contributed by atoms with Crippen molar-refractivity contribution in [2.45, 2.75) is 75.8 Å². The van der Waals surface area contributed by atoms with E-state index in [1.54, 1.807) is 66.7 Å². The highest BCUT2D eigenvalue weighted by Crippen LogP contribution is 2.34. The van der Waals surface area contributed by atoms with Gasteiger partial charge in [0.25, 0.3) is 0 Å². The van der Waals surface area contributed by atoms with Crippen LogP contribution in [-0.2, 0) is 48.0 Å². The number of aliphatic hydroxyl groups is 1. The number of amides is 6. The summed E-state index contributed by atoms with van der Waals surface area (Å²) in [5.41, 5.74) is 1.95. The third-order valence-corrected chi connectivity index (χ3v) is 10.7. The van der Waals surface area contributed by atoms with Crippen LogP contribution in [0.2, 0.25) is 0 Å². The summed E-state index contributed by atoms with van der Waals surface area (Å²) in [6.45, 7) is 2.43. The number of benzene rings is 3. The molecule has 3 aliphatic rings. The van der Waals surface area contributed by atoms with E-state index < -0.39 is 78.3 Å². The van der Waals surface area contributed by atoms with Crippen molar-refractivity contribution in [2.75, 3.05) is 42.0 Å². The number of fused-ring (bicyclic) bond motifs is 2. The second-order valence-electron chi connectivity index (χ2n) is 14.6. The van der Waals surface area contributed by atoms with E-state index in [0.29, 0.717) is 39.7 Å².